The Balaban J connectivity index is 0.000000614. The van der Waals surface area contributed by atoms with E-state index in [9.17, 15) is 27.6 Å². The summed E-state index contributed by atoms with van der Waals surface area (Å²) >= 11 is 0. The third-order valence-electron chi connectivity index (χ3n) is 8.35. The van der Waals surface area contributed by atoms with Gasteiger partial charge >= 0.3 is 6.18 Å². The van der Waals surface area contributed by atoms with Gasteiger partial charge in [-0.1, -0.05) is 40.5 Å². The summed E-state index contributed by atoms with van der Waals surface area (Å²) in [5.74, 6) is 0.0504. The van der Waals surface area contributed by atoms with E-state index in [1.807, 2.05) is 44.5 Å². The largest absolute Gasteiger partial charge is 0.395 e. The molecule has 260 valence electrons. The highest BCUT2D eigenvalue weighted by Gasteiger charge is 2.33. The Morgan fingerprint density at radius 3 is 1.86 bits per heavy atom. The highest BCUT2D eigenvalue weighted by atomic mass is 19.4. The van der Waals surface area contributed by atoms with E-state index in [0.717, 1.165) is 84.3 Å². The average Bonchev–Trinajstić information content (AvgIpc) is 3.01. The minimum absolute atomic E-state index is 0.224. The summed E-state index contributed by atoms with van der Waals surface area (Å²) in [6, 6.07) is 0. The van der Waals surface area contributed by atoms with Gasteiger partial charge < -0.3 is 24.3 Å². The molecule has 0 aromatic carbocycles. The predicted octanol–water partition coefficient (Wildman–Crippen LogP) is 5.74. The number of rotatable bonds is 9. The first-order chi connectivity index (χ1) is 20.8. The molecule has 0 N–H and O–H groups in total. The molecular formula is C33H63F3N4O4. The molecule has 3 aliphatic heterocycles. The number of ether oxygens (including phenoxy) is 1. The molecule has 3 unspecified atom stereocenters. The van der Waals surface area contributed by atoms with Crippen molar-refractivity contribution in [1.29, 1.82) is 0 Å². The van der Waals surface area contributed by atoms with E-state index in [1.165, 1.54) is 0 Å². The summed E-state index contributed by atoms with van der Waals surface area (Å²) < 4.78 is 41.0. The summed E-state index contributed by atoms with van der Waals surface area (Å²) in [5, 5.41) is 0. The Morgan fingerprint density at radius 1 is 0.886 bits per heavy atom. The van der Waals surface area contributed by atoms with Gasteiger partial charge in [0.25, 0.3) is 0 Å². The lowest BCUT2D eigenvalue weighted by molar-refractivity contribution is -0.155. The number of unbranched alkanes of at least 4 members (excludes halogenated alkanes) is 1. The third-order valence-corrected chi connectivity index (χ3v) is 8.35. The first kappa shape index (κ1) is 42.3. The number of nitrogens with zero attached hydrogens (tertiary/aromatic N) is 4. The number of likely N-dealkylation sites (tertiary alicyclic amines) is 2. The normalized spacial score (nSPS) is 21.8. The van der Waals surface area contributed by atoms with Crippen LogP contribution in [0.15, 0.2) is 0 Å². The van der Waals surface area contributed by atoms with Gasteiger partial charge in [-0.05, 0) is 72.6 Å². The molecule has 0 radical (unpaired) electrons. The van der Waals surface area contributed by atoms with Crippen LogP contribution in [0.25, 0.3) is 0 Å². The van der Waals surface area contributed by atoms with Crippen LogP contribution < -0.4 is 0 Å². The van der Waals surface area contributed by atoms with E-state index in [-0.39, 0.29) is 11.8 Å². The molecule has 8 nitrogen and oxygen atoms in total. The van der Waals surface area contributed by atoms with Crippen molar-refractivity contribution in [3.63, 3.8) is 0 Å². The monoisotopic (exact) mass is 636 g/mol. The Morgan fingerprint density at radius 2 is 1.41 bits per heavy atom. The van der Waals surface area contributed by atoms with Gasteiger partial charge in [-0.3, -0.25) is 14.4 Å². The number of hydrogen-bond donors (Lipinski definition) is 0. The second kappa shape index (κ2) is 23.6. The molecule has 0 aromatic rings. The first-order valence-electron chi connectivity index (χ1n) is 16.9. The molecule has 44 heavy (non-hydrogen) atoms. The van der Waals surface area contributed by atoms with Crippen LogP contribution in [0.2, 0.25) is 0 Å². The van der Waals surface area contributed by atoms with Crippen molar-refractivity contribution in [3.05, 3.63) is 0 Å². The first-order valence-corrected chi connectivity index (χ1v) is 16.9. The molecule has 3 rings (SSSR count). The Labute approximate surface area is 266 Å². The lowest BCUT2D eigenvalue weighted by Gasteiger charge is -2.34. The maximum absolute atomic E-state index is 12.1. The molecule has 2 amide bonds. The van der Waals surface area contributed by atoms with Crippen LogP contribution in [0.4, 0.5) is 13.2 Å². The van der Waals surface area contributed by atoms with Crippen LogP contribution in [0.3, 0.4) is 0 Å². The van der Waals surface area contributed by atoms with Gasteiger partial charge in [0, 0.05) is 45.7 Å². The van der Waals surface area contributed by atoms with Gasteiger partial charge in [-0.25, -0.2) is 0 Å². The molecule has 3 heterocycles. The number of morpholine rings is 1. The summed E-state index contributed by atoms with van der Waals surface area (Å²) in [4.78, 5) is 43.4. The van der Waals surface area contributed by atoms with Gasteiger partial charge in [-0.2, -0.15) is 13.2 Å². The summed E-state index contributed by atoms with van der Waals surface area (Å²) in [7, 11) is 6.07. The number of piperidine rings is 2. The van der Waals surface area contributed by atoms with E-state index < -0.39 is 24.3 Å². The summed E-state index contributed by atoms with van der Waals surface area (Å²) in [6.07, 6.45) is 1.64. The van der Waals surface area contributed by atoms with Crippen molar-refractivity contribution in [1.82, 2.24) is 19.6 Å². The van der Waals surface area contributed by atoms with Crippen LogP contribution >= 0.6 is 0 Å². The molecule has 0 bridgehead atoms. The number of Topliss-reactive ketones (excluding diaryl/α,β-unsaturated/α-hetero) is 1. The molecule has 0 aliphatic carbocycles. The number of alkyl halides is 3. The number of ketones is 1. The molecule has 0 aromatic heterocycles. The third kappa shape index (κ3) is 17.7. The van der Waals surface area contributed by atoms with Crippen LogP contribution in [0, 0.1) is 17.8 Å². The lowest BCUT2D eigenvalue weighted by Crippen LogP contribution is -2.47. The van der Waals surface area contributed by atoms with Crippen molar-refractivity contribution >= 4 is 17.6 Å². The van der Waals surface area contributed by atoms with Crippen LogP contribution in [0.1, 0.15) is 92.4 Å². The smallest absolute Gasteiger partial charge is 0.378 e. The fraction of sp³-hybridized carbons (Fsp3) is 0.909. The van der Waals surface area contributed by atoms with Crippen molar-refractivity contribution in [2.24, 2.45) is 17.8 Å². The van der Waals surface area contributed by atoms with E-state index >= 15 is 0 Å². The standard InChI is InChI=1S/C11H20N2O2.C10H17F3O.C10H20N2O.C2H6/c1-12-4-2-3-10(9-12)11(14)13-5-7-15-8-6-13;1-3-5-6-8(4-2)9(14)7-10(11,12)13;1-4-12(3)10(13)9-6-5-7-11(2)8-9;1-2/h10H,2-9H2,1H3;8H,3-7H2,1-2H3;9H,4-8H2,1-3H3;1-2H3. The molecule has 11 heteroatoms. The zero-order valence-electron chi connectivity index (χ0n) is 29.0. The summed E-state index contributed by atoms with van der Waals surface area (Å²) in [6.45, 7) is 17.6. The van der Waals surface area contributed by atoms with E-state index in [4.69, 9.17) is 4.74 Å². The van der Waals surface area contributed by atoms with Crippen molar-refractivity contribution in [2.75, 3.05) is 80.2 Å². The number of amides is 2. The summed E-state index contributed by atoms with van der Waals surface area (Å²) in [5.41, 5.74) is 0. The maximum atomic E-state index is 12.1. The van der Waals surface area contributed by atoms with Gasteiger partial charge in [0.2, 0.25) is 11.8 Å². The van der Waals surface area contributed by atoms with E-state index in [2.05, 4.69) is 23.9 Å². The quantitative estimate of drug-likeness (QED) is 0.321. The van der Waals surface area contributed by atoms with Gasteiger partial charge in [-0.15, -0.1) is 0 Å². The van der Waals surface area contributed by atoms with Crippen LogP contribution in [0.5, 0.6) is 0 Å². The van der Waals surface area contributed by atoms with E-state index in [0.29, 0.717) is 37.9 Å². The Hall–Kier alpha value is -1.72. The van der Waals surface area contributed by atoms with Crippen LogP contribution in [-0.2, 0) is 19.1 Å². The van der Waals surface area contributed by atoms with Crippen LogP contribution in [-0.4, -0.2) is 124 Å². The van der Waals surface area contributed by atoms with E-state index in [1.54, 1.807) is 6.92 Å². The van der Waals surface area contributed by atoms with Crippen molar-refractivity contribution in [3.8, 4) is 0 Å². The van der Waals surface area contributed by atoms with Gasteiger partial charge in [0.05, 0.1) is 25.0 Å². The van der Waals surface area contributed by atoms with Crippen molar-refractivity contribution in [2.45, 2.75) is 98.6 Å². The average molecular weight is 637 g/mol. The minimum atomic E-state index is -4.35. The number of carbonyl (C=O) groups is 3. The second-order valence-electron chi connectivity index (χ2n) is 12.0. The highest BCUT2D eigenvalue weighted by Crippen LogP contribution is 2.25. The van der Waals surface area contributed by atoms with Crippen molar-refractivity contribution < 1.29 is 32.3 Å². The maximum Gasteiger partial charge on any atom is 0.395 e. The predicted molar refractivity (Wildman–Crippen MR) is 171 cm³/mol. The number of hydrogen-bond acceptors (Lipinski definition) is 6. The van der Waals surface area contributed by atoms with Gasteiger partial charge in [0.15, 0.2) is 0 Å². The molecule has 0 saturated carbocycles. The molecule has 3 aliphatic rings. The molecule has 3 fully saturated rings. The SMILES string of the molecule is CC.CCCCC(CC)C(=O)CC(F)(F)F.CCN(C)C(=O)C1CCCN(C)C1.CN1CCCC(C(=O)N2CCOCC2)C1. The fourth-order valence-corrected chi connectivity index (χ4v) is 5.63. The Bertz CT molecular complexity index is 793. The molecule has 3 atom stereocenters. The topological polar surface area (TPSA) is 73.4 Å². The second-order valence-corrected chi connectivity index (χ2v) is 12.0. The molecule has 3 saturated heterocycles. The number of carbonyl (C=O) groups excluding carboxylic acids is 3. The fourth-order valence-electron chi connectivity index (χ4n) is 5.63. The number of halogens is 3. The zero-order valence-corrected chi connectivity index (χ0v) is 29.0. The Kier molecular flexibility index (Phi) is 22.7. The lowest BCUT2D eigenvalue weighted by atomic mass is 9.93. The zero-order chi connectivity index (χ0) is 33.7. The van der Waals surface area contributed by atoms with Gasteiger partial charge in [0.1, 0.15) is 12.2 Å². The molecular weight excluding hydrogens is 573 g/mol. The minimum Gasteiger partial charge on any atom is -0.378 e. The highest BCUT2D eigenvalue weighted by molar-refractivity contribution is 5.81. The molecule has 0 spiro atoms.